The van der Waals surface area contributed by atoms with Gasteiger partial charge in [-0.15, -0.1) is 6.42 Å². The Morgan fingerprint density at radius 3 is 1.81 bits per heavy atom. The summed E-state index contributed by atoms with van der Waals surface area (Å²) in [7, 11) is -2.75. The molecule has 1 amide bonds. The van der Waals surface area contributed by atoms with Gasteiger partial charge < -0.3 is 19.2 Å². The van der Waals surface area contributed by atoms with Crippen molar-refractivity contribution in [3.8, 4) is 12.3 Å². The number of hydrogen-bond acceptors (Lipinski definition) is 4. The number of carbonyl (C=O) groups excluding carboxylic acids is 1. The number of hydrogen-bond donors (Lipinski definition) is 1. The summed E-state index contributed by atoms with van der Waals surface area (Å²) in [6.07, 6.45) is 5.78. The molecule has 0 heterocycles. The van der Waals surface area contributed by atoms with Crippen molar-refractivity contribution in [2.24, 2.45) is 5.92 Å². The Bertz CT molecular complexity index is 1240. The molecule has 0 radical (unpaired) electrons. The lowest BCUT2D eigenvalue weighted by Gasteiger charge is -2.43. The van der Waals surface area contributed by atoms with E-state index in [9.17, 15) is 4.79 Å². The maximum absolute atomic E-state index is 13.0. The van der Waals surface area contributed by atoms with Crippen LogP contribution in [0.1, 0.15) is 60.5 Å². The summed E-state index contributed by atoms with van der Waals surface area (Å²) in [5, 5.41) is 5.30. The SMILES string of the molecule is C#C[C@H]([C@@H](CCO[Si](c1ccccc1)(c1ccccc1)C(C)(C)C)NC(=O)OC(C)(C)C)[C@@H](C)OCc1ccccc1. The molecule has 3 rings (SSSR count). The minimum Gasteiger partial charge on any atom is -0.444 e. The number of rotatable bonds is 12. The van der Waals surface area contributed by atoms with Crippen LogP contribution in [-0.4, -0.2) is 38.8 Å². The van der Waals surface area contributed by atoms with Gasteiger partial charge in [-0.1, -0.05) is 118 Å². The smallest absolute Gasteiger partial charge is 0.407 e. The first-order chi connectivity index (χ1) is 19.9. The lowest BCUT2D eigenvalue weighted by molar-refractivity contribution is 0.0119. The van der Waals surface area contributed by atoms with Crippen molar-refractivity contribution >= 4 is 24.8 Å². The first-order valence-corrected chi connectivity index (χ1v) is 16.6. The third kappa shape index (κ3) is 8.81. The molecular formula is C36H47NO4Si. The van der Waals surface area contributed by atoms with Crippen molar-refractivity contribution in [1.82, 2.24) is 5.32 Å². The highest BCUT2D eigenvalue weighted by Gasteiger charge is 2.50. The predicted molar refractivity (Wildman–Crippen MR) is 174 cm³/mol. The largest absolute Gasteiger partial charge is 0.444 e. The van der Waals surface area contributed by atoms with E-state index in [1.54, 1.807) is 0 Å². The average molecular weight is 586 g/mol. The summed E-state index contributed by atoms with van der Waals surface area (Å²) in [5.74, 6) is 2.51. The van der Waals surface area contributed by atoms with E-state index in [2.05, 4.69) is 80.5 Å². The molecule has 0 aliphatic rings. The fourth-order valence-electron chi connectivity index (χ4n) is 5.39. The van der Waals surface area contributed by atoms with Gasteiger partial charge in [-0.3, -0.25) is 0 Å². The van der Waals surface area contributed by atoms with Gasteiger partial charge in [-0.25, -0.2) is 4.79 Å². The van der Waals surface area contributed by atoms with Crippen molar-refractivity contribution in [3.63, 3.8) is 0 Å². The van der Waals surface area contributed by atoms with Crippen LogP contribution in [-0.2, 0) is 20.5 Å². The summed E-state index contributed by atoms with van der Waals surface area (Å²) >= 11 is 0. The molecule has 0 aliphatic carbocycles. The number of carbonyl (C=O) groups is 1. The fourth-order valence-corrected chi connectivity index (χ4v) is 9.96. The highest BCUT2D eigenvalue weighted by molar-refractivity contribution is 6.99. The topological polar surface area (TPSA) is 56.8 Å². The lowest BCUT2D eigenvalue weighted by atomic mass is 9.93. The van der Waals surface area contributed by atoms with E-state index in [-0.39, 0.29) is 11.1 Å². The maximum atomic E-state index is 13.0. The van der Waals surface area contributed by atoms with Gasteiger partial charge in [0.05, 0.1) is 24.7 Å². The number of ether oxygens (including phenoxy) is 2. The van der Waals surface area contributed by atoms with Crippen LogP contribution in [0, 0.1) is 18.3 Å². The quantitative estimate of drug-likeness (QED) is 0.190. The van der Waals surface area contributed by atoms with E-state index in [1.807, 2.05) is 70.2 Å². The molecule has 0 unspecified atom stereocenters. The summed E-state index contributed by atoms with van der Waals surface area (Å²) < 4.78 is 19.0. The zero-order chi connectivity index (χ0) is 30.8. The normalized spacial score (nSPS) is 14.3. The monoisotopic (exact) mass is 585 g/mol. The summed E-state index contributed by atoms with van der Waals surface area (Å²) in [6.45, 7) is 15.1. The molecule has 0 fully saturated rings. The maximum Gasteiger partial charge on any atom is 0.407 e. The van der Waals surface area contributed by atoms with Gasteiger partial charge >= 0.3 is 6.09 Å². The first-order valence-electron chi connectivity index (χ1n) is 14.7. The third-order valence-corrected chi connectivity index (χ3v) is 12.4. The molecule has 3 aromatic carbocycles. The Balaban J connectivity index is 1.89. The van der Waals surface area contributed by atoms with Crippen LogP contribution in [0.5, 0.6) is 0 Å². The van der Waals surface area contributed by atoms with E-state index in [0.29, 0.717) is 19.6 Å². The average Bonchev–Trinajstić information content (AvgIpc) is 2.94. The third-order valence-electron chi connectivity index (χ3n) is 7.35. The molecule has 0 bridgehead atoms. The van der Waals surface area contributed by atoms with Crippen molar-refractivity contribution in [3.05, 3.63) is 96.6 Å². The van der Waals surface area contributed by atoms with E-state index >= 15 is 0 Å². The Labute approximate surface area is 254 Å². The zero-order valence-corrected chi connectivity index (χ0v) is 27.2. The molecular weight excluding hydrogens is 538 g/mol. The molecule has 0 aliphatic heterocycles. The van der Waals surface area contributed by atoms with Gasteiger partial charge in [0, 0.05) is 6.61 Å². The second-order valence-electron chi connectivity index (χ2n) is 12.7. The molecule has 3 atom stereocenters. The lowest BCUT2D eigenvalue weighted by Crippen LogP contribution is -2.66. The van der Waals surface area contributed by atoms with Gasteiger partial charge in [-0.05, 0) is 55.1 Å². The summed E-state index contributed by atoms with van der Waals surface area (Å²) in [4.78, 5) is 13.0. The van der Waals surface area contributed by atoms with Crippen LogP contribution < -0.4 is 15.7 Å². The number of amides is 1. The van der Waals surface area contributed by atoms with Gasteiger partial charge in [-0.2, -0.15) is 0 Å². The van der Waals surface area contributed by atoms with Crippen LogP contribution in [0.15, 0.2) is 91.0 Å². The summed E-state index contributed by atoms with van der Waals surface area (Å²) in [5.41, 5.74) is 0.424. The molecule has 0 aromatic heterocycles. The van der Waals surface area contributed by atoms with E-state index in [4.69, 9.17) is 20.3 Å². The van der Waals surface area contributed by atoms with Gasteiger partial charge in [0.1, 0.15) is 5.60 Å². The number of alkyl carbamates (subject to hydrolysis) is 1. The van der Waals surface area contributed by atoms with E-state index < -0.39 is 32.0 Å². The minimum absolute atomic E-state index is 0.165. The van der Waals surface area contributed by atoms with Crippen molar-refractivity contribution in [2.45, 2.75) is 84.3 Å². The zero-order valence-electron chi connectivity index (χ0n) is 26.2. The molecule has 0 spiro atoms. The molecule has 0 saturated heterocycles. The van der Waals surface area contributed by atoms with Crippen molar-refractivity contribution in [2.75, 3.05) is 6.61 Å². The first kappa shape index (κ1) is 33.1. The molecule has 42 heavy (non-hydrogen) atoms. The summed E-state index contributed by atoms with van der Waals surface area (Å²) in [6, 6.07) is 30.6. The molecule has 3 aromatic rings. The second-order valence-corrected chi connectivity index (χ2v) is 17.1. The number of terminal acetylenes is 1. The highest BCUT2D eigenvalue weighted by Crippen LogP contribution is 2.37. The number of benzene rings is 3. The Kier molecular flexibility index (Phi) is 11.6. The van der Waals surface area contributed by atoms with E-state index in [0.717, 1.165) is 5.56 Å². The number of nitrogens with one attached hydrogen (secondary N) is 1. The Hall–Kier alpha value is -3.37. The van der Waals surface area contributed by atoms with Crippen molar-refractivity contribution in [1.29, 1.82) is 0 Å². The van der Waals surface area contributed by atoms with Crippen LogP contribution >= 0.6 is 0 Å². The predicted octanol–water partition coefficient (Wildman–Crippen LogP) is 6.70. The van der Waals surface area contributed by atoms with E-state index in [1.165, 1.54) is 10.4 Å². The van der Waals surface area contributed by atoms with Crippen LogP contribution in [0.3, 0.4) is 0 Å². The fraction of sp³-hybridized carbons (Fsp3) is 0.417. The Morgan fingerprint density at radius 2 is 1.36 bits per heavy atom. The molecule has 1 N–H and O–H groups in total. The van der Waals surface area contributed by atoms with Crippen molar-refractivity contribution < 1.29 is 18.7 Å². The van der Waals surface area contributed by atoms with Gasteiger partial charge in [0.25, 0.3) is 8.32 Å². The molecule has 224 valence electrons. The van der Waals surface area contributed by atoms with Crippen LogP contribution in [0.2, 0.25) is 5.04 Å². The Morgan fingerprint density at radius 1 is 0.857 bits per heavy atom. The highest BCUT2D eigenvalue weighted by atomic mass is 28.4. The minimum atomic E-state index is -2.75. The van der Waals surface area contributed by atoms with Gasteiger partial charge in [0.2, 0.25) is 0 Å². The second kappa shape index (κ2) is 14.7. The standard InChI is InChI=1S/C36H47NO4Si/c1-9-32(28(2)39-27-29-19-13-10-14-20-29)33(37-34(38)41-35(3,4)5)25-26-40-42(36(6,7)8,30-21-15-11-16-22-30)31-23-17-12-18-24-31/h1,10-24,28,32-33H,25-27H2,2-8H3,(H,37,38)/t28-,32+,33-/m1/s1. The molecule has 5 nitrogen and oxygen atoms in total. The molecule has 6 heteroatoms. The van der Waals surface area contributed by atoms with Gasteiger partial charge in [0.15, 0.2) is 0 Å². The van der Waals surface area contributed by atoms with Crippen LogP contribution in [0.4, 0.5) is 4.79 Å². The van der Waals surface area contributed by atoms with Crippen LogP contribution in [0.25, 0.3) is 0 Å². The molecule has 0 saturated carbocycles.